The summed E-state index contributed by atoms with van der Waals surface area (Å²) in [4.78, 5) is 36.1. The third-order valence-corrected chi connectivity index (χ3v) is 12.6. The van der Waals surface area contributed by atoms with Crippen LogP contribution in [0.3, 0.4) is 0 Å². The SMILES string of the molecule is COc1c(CN2O[C@@H](CO)[C@H]([C@H](C)O)[C@H]2C(=O)N[C@H]2C[C@H]3C[C@H]([C@@H]2C)C3(C)C)cccc1-c1cc(C(=O)NCc2ccc3c(c2)OCO3)cc(N(C)C)c1. The van der Waals surface area contributed by atoms with Gasteiger partial charge in [0.15, 0.2) is 11.5 Å². The van der Waals surface area contributed by atoms with E-state index in [-0.39, 0.29) is 43.2 Å². The van der Waals surface area contributed by atoms with Crippen LogP contribution in [0, 0.1) is 29.1 Å². The lowest BCUT2D eigenvalue weighted by Gasteiger charge is -2.62. The van der Waals surface area contributed by atoms with Gasteiger partial charge in [-0.15, -0.1) is 0 Å². The number of anilines is 1. The molecule has 290 valence electrons. The quantitative estimate of drug-likeness (QED) is 0.206. The van der Waals surface area contributed by atoms with Gasteiger partial charge in [-0.05, 0) is 84.4 Å². The van der Waals surface area contributed by atoms with Gasteiger partial charge in [-0.2, -0.15) is 5.06 Å². The first-order chi connectivity index (χ1) is 25.8. The largest absolute Gasteiger partial charge is 0.496 e. The van der Waals surface area contributed by atoms with Gasteiger partial charge in [-0.3, -0.25) is 14.4 Å². The van der Waals surface area contributed by atoms with E-state index in [4.69, 9.17) is 19.0 Å². The molecular weight excluding hydrogens is 688 g/mol. The van der Waals surface area contributed by atoms with Crippen LogP contribution in [0.1, 0.15) is 62.0 Å². The number of ether oxygens (including phenoxy) is 3. The molecule has 3 saturated carbocycles. The summed E-state index contributed by atoms with van der Waals surface area (Å²) in [6, 6.07) is 16.2. The first kappa shape index (κ1) is 37.9. The van der Waals surface area contributed by atoms with Crippen molar-refractivity contribution in [3.63, 3.8) is 0 Å². The number of nitrogens with one attached hydrogen (secondary N) is 2. The molecule has 3 aromatic rings. The molecule has 5 aliphatic rings. The monoisotopic (exact) mass is 742 g/mol. The standard InChI is InChI=1S/C42H54N4O8/c1-23-32-17-29(42(32,3)4)18-33(23)44-41(50)38-37(24(2)48)36(21-47)54-46(38)20-26-9-8-10-31(39(26)51-7)27-14-28(16-30(15-27)45(5)6)40(49)43-19-25-11-12-34-35(13-25)53-22-52-34/h8-16,23-24,29,32-33,36-38,47-48H,17-22H2,1-7H3,(H,43,49)(H,44,50)/t23-,24-,29+,32+,33-,36-,37-,38-/m0/s1. The predicted molar refractivity (Wildman–Crippen MR) is 204 cm³/mol. The fourth-order valence-corrected chi connectivity index (χ4v) is 9.32. The molecule has 3 aliphatic carbocycles. The Bertz CT molecular complexity index is 1880. The maximum atomic E-state index is 14.2. The molecule has 2 aliphatic heterocycles. The van der Waals surface area contributed by atoms with Crippen LogP contribution >= 0.6 is 0 Å². The van der Waals surface area contributed by atoms with Crippen LogP contribution in [-0.4, -0.2) is 86.0 Å². The number of hydrogen-bond acceptors (Lipinski definition) is 10. The number of methoxy groups -OCH3 is 1. The predicted octanol–water partition coefficient (Wildman–Crippen LogP) is 4.75. The van der Waals surface area contributed by atoms with E-state index >= 15 is 0 Å². The van der Waals surface area contributed by atoms with Gasteiger partial charge in [-0.25, -0.2) is 0 Å². The van der Waals surface area contributed by atoms with E-state index in [1.54, 1.807) is 19.1 Å². The van der Waals surface area contributed by atoms with Gasteiger partial charge >= 0.3 is 0 Å². The molecule has 12 heteroatoms. The molecule has 1 saturated heterocycles. The normalized spacial score (nSPS) is 27.2. The zero-order valence-electron chi connectivity index (χ0n) is 32.3. The van der Waals surface area contributed by atoms with Gasteiger partial charge in [-0.1, -0.05) is 45.0 Å². The Morgan fingerprint density at radius 3 is 2.54 bits per heavy atom. The van der Waals surface area contributed by atoms with Crippen molar-refractivity contribution in [2.24, 2.45) is 29.1 Å². The van der Waals surface area contributed by atoms with Crippen molar-refractivity contribution in [2.75, 3.05) is 39.5 Å². The molecule has 2 heterocycles. The molecule has 4 N–H and O–H groups in total. The van der Waals surface area contributed by atoms with Crippen molar-refractivity contribution in [3.05, 3.63) is 71.3 Å². The van der Waals surface area contributed by atoms with Gasteiger partial charge in [0.2, 0.25) is 12.7 Å². The van der Waals surface area contributed by atoms with Crippen LogP contribution in [0.2, 0.25) is 0 Å². The summed E-state index contributed by atoms with van der Waals surface area (Å²) in [7, 11) is 5.44. The minimum absolute atomic E-state index is 0.0317. The number of hydroxylamine groups is 2. The van der Waals surface area contributed by atoms with E-state index < -0.39 is 24.2 Å². The van der Waals surface area contributed by atoms with E-state index in [1.807, 2.05) is 73.6 Å². The Balaban J connectivity index is 1.14. The third-order valence-electron chi connectivity index (χ3n) is 12.6. The second-order valence-corrected chi connectivity index (χ2v) is 16.3. The van der Waals surface area contributed by atoms with E-state index in [2.05, 4.69) is 31.4 Å². The molecule has 4 fully saturated rings. The minimum Gasteiger partial charge on any atom is -0.496 e. The Labute approximate surface area is 317 Å². The maximum Gasteiger partial charge on any atom is 0.251 e. The lowest BCUT2D eigenvalue weighted by atomic mass is 9.45. The summed E-state index contributed by atoms with van der Waals surface area (Å²) in [5.74, 6) is 2.25. The van der Waals surface area contributed by atoms with E-state index in [0.717, 1.165) is 34.4 Å². The van der Waals surface area contributed by atoms with Crippen molar-refractivity contribution in [1.29, 1.82) is 0 Å². The number of benzene rings is 3. The first-order valence-electron chi connectivity index (χ1n) is 19.0. The van der Waals surface area contributed by atoms with Gasteiger partial charge < -0.3 is 40.0 Å². The second kappa shape index (κ2) is 15.1. The molecule has 0 aromatic heterocycles. The molecular formula is C42H54N4O8. The zero-order chi connectivity index (χ0) is 38.5. The van der Waals surface area contributed by atoms with Gasteiger partial charge in [0.25, 0.3) is 5.91 Å². The smallest absolute Gasteiger partial charge is 0.251 e. The Kier molecular flexibility index (Phi) is 10.6. The number of fused-ring (bicyclic) bond motifs is 3. The Hall–Kier alpha value is -4.36. The van der Waals surface area contributed by atoms with Crippen LogP contribution in [0.25, 0.3) is 11.1 Å². The molecule has 8 atom stereocenters. The first-order valence-corrected chi connectivity index (χ1v) is 19.0. The molecule has 54 heavy (non-hydrogen) atoms. The minimum atomic E-state index is -0.907. The second-order valence-electron chi connectivity index (χ2n) is 16.3. The summed E-state index contributed by atoms with van der Waals surface area (Å²) in [5.41, 5.74) is 4.74. The number of carbonyl (C=O) groups excluding carboxylic acids is 2. The Morgan fingerprint density at radius 1 is 1.07 bits per heavy atom. The van der Waals surface area contributed by atoms with Crippen LogP contribution in [0.15, 0.2) is 54.6 Å². The van der Waals surface area contributed by atoms with Crippen molar-refractivity contribution >= 4 is 17.5 Å². The molecule has 2 bridgehead atoms. The number of nitrogens with zero attached hydrogens (tertiary/aromatic N) is 2. The van der Waals surface area contributed by atoms with E-state index in [0.29, 0.717) is 47.1 Å². The number of aliphatic hydroxyl groups is 2. The summed E-state index contributed by atoms with van der Waals surface area (Å²) in [5, 5.41) is 29.3. The average molecular weight is 743 g/mol. The van der Waals surface area contributed by atoms with Gasteiger partial charge in [0.05, 0.1) is 26.4 Å². The number of amides is 2. The van der Waals surface area contributed by atoms with Crippen LogP contribution in [0.4, 0.5) is 5.69 Å². The fraction of sp³-hybridized carbons (Fsp3) is 0.524. The number of carbonyl (C=O) groups is 2. The summed E-state index contributed by atoms with van der Waals surface area (Å²) >= 11 is 0. The summed E-state index contributed by atoms with van der Waals surface area (Å²) in [6.07, 6.45) is 0.452. The fourth-order valence-electron chi connectivity index (χ4n) is 9.32. The summed E-state index contributed by atoms with van der Waals surface area (Å²) in [6.45, 7) is 8.84. The summed E-state index contributed by atoms with van der Waals surface area (Å²) < 4.78 is 17.0. The van der Waals surface area contributed by atoms with Crippen LogP contribution < -0.4 is 29.7 Å². The van der Waals surface area contributed by atoms with E-state index in [9.17, 15) is 19.8 Å². The van der Waals surface area contributed by atoms with Crippen molar-refractivity contribution in [2.45, 2.75) is 77.9 Å². The van der Waals surface area contributed by atoms with Crippen molar-refractivity contribution in [3.8, 4) is 28.4 Å². The molecule has 12 nitrogen and oxygen atoms in total. The van der Waals surface area contributed by atoms with E-state index in [1.165, 1.54) is 6.42 Å². The molecule has 0 unspecified atom stereocenters. The lowest BCUT2D eigenvalue weighted by molar-refractivity contribution is -0.183. The Morgan fingerprint density at radius 2 is 1.85 bits per heavy atom. The van der Waals surface area contributed by atoms with Gasteiger partial charge in [0.1, 0.15) is 17.9 Å². The molecule has 3 aromatic carbocycles. The molecule has 0 radical (unpaired) electrons. The third kappa shape index (κ3) is 7.00. The lowest BCUT2D eigenvalue weighted by Crippen LogP contribution is -2.62. The number of hydrogen-bond donors (Lipinski definition) is 4. The van der Waals surface area contributed by atoms with Crippen molar-refractivity contribution < 1.29 is 38.9 Å². The number of aliphatic hydroxyl groups excluding tert-OH is 2. The molecule has 8 rings (SSSR count). The van der Waals surface area contributed by atoms with Crippen molar-refractivity contribution in [1.82, 2.24) is 15.7 Å². The highest BCUT2D eigenvalue weighted by Crippen LogP contribution is 2.61. The highest BCUT2D eigenvalue weighted by atomic mass is 16.7. The van der Waals surface area contributed by atoms with Crippen LogP contribution in [-0.2, 0) is 22.7 Å². The molecule has 2 amide bonds. The topological polar surface area (TPSA) is 142 Å². The molecule has 0 spiro atoms. The number of para-hydroxylation sites is 1. The van der Waals surface area contributed by atoms with Crippen LogP contribution in [0.5, 0.6) is 17.2 Å². The highest BCUT2D eigenvalue weighted by molar-refractivity contribution is 5.97. The zero-order valence-corrected chi connectivity index (χ0v) is 32.3. The maximum absolute atomic E-state index is 14.2. The number of rotatable bonds is 12. The highest BCUT2D eigenvalue weighted by Gasteiger charge is 2.57. The average Bonchev–Trinajstić information content (AvgIpc) is 3.78. The van der Waals surface area contributed by atoms with Gasteiger partial charge in [0, 0.05) is 55.0 Å².